The smallest absolute Gasteiger partial charge is 0.418 e. The second-order valence-electron chi connectivity index (χ2n) is 11.4. The molecule has 2 saturated carbocycles. The lowest BCUT2D eigenvalue weighted by atomic mass is 9.94. The van der Waals surface area contributed by atoms with Crippen molar-refractivity contribution in [3.8, 4) is 0 Å². The van der Waals surface area contributed by atoms with Gasteiger partial charge in [-0.1, -0.05) is 18.2 Å². The highest BCUT2D eigenvalue weighted by Gasteiger charge is 2.58. The lowest BCUT2D eigenvalue weighted by Crippen LogP contribution is -2.47. The second kappa shape index (κ2) is 9.08. The fraction of sp³-hybridized carbons (Fsp3) is 0.483. The van der Waals surface area contributed by atoms with E-state index in [1.165, 1.54) is 12.1 Å². The molecule has 3 N–H and O–H groups in total. The number of carbonyl (C=O) groups excluding carboxylic acids is 3. The molecule has 2 atom stereocenters. The molecule has 6 rings (SSSR count). The summed E-state index contributed by atoms with van der Waals surface area (Å²) in [6.45, 7) is 2.57. The van der Waals surface area contributed by atoms with Gasteiger partial charge < -0.3 is 20.7 Å². The third kappa shape index (κ3) is 4.53. The number of amides is 3. The van der Waals surface area contributed by atoms with E-state index in [-0.39, 0.29) is 36.4 Å². The Balaban J connectivity index is 1.18. The predicted molar refractivity (Wildman–Crippen MR) is 138 cm³/mol. The normalized spacial score (nSPS) is 23.8. The van der Waals surface area contributed by atoms with Gasteiger partial charge in [0.1, 0.15) is 12.4 Å². The van der Waals surface area contributed by atoms with Crippen LogP contribution in [0, 0.1) is 11.7 Å². The van der Waals surface area contributed by atoms with Crippen molar-refractivity contribution in [2.75, 3.05) is 18.4 Å². The minimum atomic E-state index is -1.39. The summed E-state index contributed by atoms with van der Waals surface area (Å²) in [6.07, 6.45) is 4.22. The number of nitrogens with two attached hydrogens (primary N) is 1. The summed E-state index contributed by atoms with van der Waals surface area (Å²) in [6, 6.07) is 11.7. The zero-order valence-corrected chi connectivity index (χ0v) is 21.5. The van der Waals surface area contributed by atoms with Crippen LogP contribution in [0.4, 0.5) is 14.9 Å². The maximum atomic E-state index is 13.7. The lowest BCUT2D eigenvalue weighted by molar-refractivity contribution is -0.143. The Morgan fingerprint density at radius 1 is 1.18 bits per heavy atom. The summed E-state index contributed by atoms with van der Waals surface area (Å²) in [5, 5.41) is 3.37. The number of aryl methyl sites for hydroxylation is 1. The molecular weight excluding hydrogens is 487 g/mol. The molecule has 9 heteroatoms. The van der Waals surface area contributed by atoms with E-state index in [9.17, 15) is 18.8 Å². The van der Waals surface area contributed by atoms with Crippen molar-refractivity contribution in [1.29, 1.82) is 0 Å². The van der Waals surface area contributed by atoms with Gasteiger partial charge in [0.25, 0.3) is 5.91 Å². The van der Waals surface area contributed by atoms with Crippen LogP contribution in [0.15, 0.2) is 42.5 Å². The lowest BCUT2D eigenvalue weighted by Gasteiger charge is -2.30. The average molecular weight is 521 g/mol. The molecule has 4 aliphatic rings. The summed E-state index contributed by atoms with van der Waals surface area (Å²) >= 11 is 0. The first kappa shape index (κ1) is 24.9. The van der Waals surface area contributed by atoms with Crippen LogP contribution in [0.2, 0.25) is 0 Å². The minimum absolute atomic E-state index is 0.0586. The van der Waals surface area contributed by atoms with E-state index in [4.69, 9.17) is 10.5 Å². The summed E-state index contributed by atoms with van der Waals surface area (Å²) in [4.78, 5) is 42.8. The molecule has 38 heavy (non-hydrogen) atoms. The number of benzene rings is 2. The number of nitrogens with one attached hydrogen (secondary N) is 1. The average Bonchev–Trinajstić information content (AvgIpc) is 3.83. The van der Waals surface area contributed by atoms with Gasteiger partial charge in [0, 0.05) is 42.3 Å². The topological polar surface area (TPSA) is 105 Å². The Kier molecular flexibility index (Phi) is 5.94. The molecular formula is C29H33FN4O4. The van der Waals surface area contributed by atoms with Crippen LogP contribution in [0.3, 0.4) is 0 Å². The molecule has 200 valence electrons. The molecule has 2 aromatic rings. The number of rotatable bonds is 9. The second-order valence-corrected chi connectivity index (χ2v) is 11.4. The molecule has 1 saturated heterocycles. The summed E-state index contributed by atoms with van der Waals surface area (Å²) < 4.78 is 19.2. The number of halogens is 1. The van der Waals surface area contributed by atoms with Crippen LogP contribution in [0.25, 0.3) is 0 Å². The van der Waals surface area contributed by atoms with Gasteiger partial charge in [-0.15, -0.1) is 0 Å². The summed E-state index contributed by atoms with van der Waals surface area (Å²) in [5.41, 5.74) is 8.00. The van der Waals surface area contributed by atoms with E-state index >= 15 is 0 Å². The van der Waals surface area contributed by atoms with Crippen LogP contribution < -0.4 is 11.1 Å². The van der Waals surface area contributed by atoms with Crippen LogP contribution >= 0.6 is 0 Å². The summed E-state index contributed by atoms with van der Waals surface area (Å²) in [5.74, 6) is -0.784. The molecule has 2 aromatic carbocycles. The van der Waals surface area contributed by atoms with Gasteiger partial charge in [-0.2, -0.15) is 0 Å². The molecule has 3 aliphatic carbocycles. The van der Waals surface area contributed by atoms with Crippen molar-refractivity contribution in [2.45, 2.75) is 69.2 Å². The van der Waals surface area contributed by atoms with Crippen LogP contribution in [-0.2, 0) is 32.9 Å². The number of hydrogen-bond donors (Lipinski definition) is 2. The third-order valence-electron chi connectivity index (χ3n) is 8.57. The maximum absolute atomic E-state index is 13.7. The zero-order chi connectivity index (χ0) is 26.7. The van der Waals surface area contributed by atoms with Gasteiger partial charge in [-0.3, -0.25) is 9.59 Å². The molecule has 0 bridgehead atoms. The van der Waals surface area contributed by atoms with E-state index < -0.39 is 17.6 Å². The Hall–Kier alpha value is -3.46. The monoisotopic (exact) mass is 520 g/mol. The van der Waals surface area contributed by atoms with E-state index in [1.54, 1.807) is 17.0 Å². The molecule has 1 spiro atoms. The minimum Gasteiger partial charge on any atom is -0.427 e. The number of fused-ring (bicyclic) bond motifs is 2. The van der Waals surface area contributed by atoms with Crippen molar-refractivity contribution in [3.63, 3.8) is 0 Å². The predicted octanol–water partition coefficient (Wildman–Crippen LogP) is 3.68. The number of anilines is 1. The highest BCUT2D eigenvalue weighted by atomic mass is 19.1. The number of ether oxygens (including phenoxy) is 1. The van der Waals surface area contributed by atoms with Gasteiger partial charge in [-0.25, -0.2) is 14.1 Å². The first-order valence-electron chi connectivity index (χ1n) is 13.4. The number of hydrogen-bond acceptors (Lipinski definition) is 6. The van der Waals surface area contributed by atoms with E-state index in [0.29, 0.717) is 30.9 Å². The van der Waals surface area contributed by atoms with Gasteiger partial charge in [0.2, 0.25) is 11.5 Å². The van der Waals surface area contributed by atoms with Crippen molar-refractivity contribution in [1.82, 2.24) is 9.80 Å². The Bertz CT molecular complexity index is 1290. The van der Waals surface area contributed by atoms with E-state index in [0.717, 1.165) is 47.4 Å². The SMILES string of the molecule is C[C@@H](C1CC1)N(Cc1ccc(F)cc1)C(=O)CN1C(=O)OC2(CCc3cc(NCC4(N)CC4)ccc32)C1=O. The molecule has 8 nitrogen and oxygen atoms in total. The van der Waals surface area contributed by atoms with Crippen molar-refractivity contribution >= 4 is 23.6 Å². The molecule has 1 heterocycles. The quantitative estimate of drug-likeness (QED) is 0.523. The number of nitrogens with zero attached hydrogens (tertiary/aromatic N) is 2. The van der Waals surface area contributed by atoms with Crippen LogP contribution in [0.1, 0.15) is 55.7 Å². The van der Waals surface area contributed by atoms with Crippen molar-refractivity contribution < 1.29 is 23.5 Å². The highest BCUT2D eigenvalue weighted by molar-refractivity contribution is 6.06. The first-order chi connectivity index (χ1) is 18.2. The zero-order valence-electron chi connectivity index (χ0n) is 21.5. The molecule has 1 aliphatic heterocycles. The van der Waals surface area contributed by atoms with Gasteiger partial charge in [0.05, 0.1) is 0 Å². The van der Waals surface area contributed by atoms with Crippen molar-refractivity contribution in [3.05, 3.63) is 65.0 Å². The Morgan fingerprint density at radius 3 is 2.61 bits per heavy atom. The summed E-state index contributed by atoms with van der Waals surface area (Å²) in [7, 11) is 0. The maximum Gasteiger partial charge on any atom is 0.418 e. The molecule has 1 unspecified atom stereocenters. The molecule has 0 aromatic heterocycles. The van der Waals surface area contributed by atoms with Gasteiger partial charge in [0.15, 0.2) is 0 Å². The van der Waals surface area contributed by atoms with Gasteiger partial charge >= 0.3 is 6.09 Å². The molecule has 3 fully saturated rings. The van der Waals surface area contributed by atoms with Crippen LogP contribution in [0.5, 0.6) is 0 Å². The molecule has 0 radical (unpaired) electrons. The van der Waals surface area contributed by atoms with Crippen LogP contribution in [-0.4, -0.2) is 52.4 Å². The molecule has 3 amide bonds. The standard InChI is InChI=1S/C29H33FN4O4/c1-18(20-4-5-20)33(15-19-2-6-22(30)7-3-19)25(35)16-34-26(36)29(38-27(34)37)11-10-21-14-23(8-9-24(21)29)32-17-28(31)12-13-28/h2-3,6-9,14,18,20,32H,4-5,10-13,15-17,31H2,1H3/t18-,29?/m0/s1. The highest BCUT2D eigenvalue weighted by Crippen LogP contribution is 2.46. The van der Waals surface area contributed by atoms with Gasteiger partial charge in [-0.05, 0) is 80.3 Å². The van der Waals surface area contributed by atoms with E-state index in [2.05, 4.69) is 5.32 Å². The largest absolute Gasteiger partial charge is 0.427 e. The Morgan fingerprint density at radius 2 is 1.92 bits per heavy atom. The third-order valence-corrected chi connectivity index (χ3v) is 8.57. The fourth-order valence-electron chi connectivity index (χ4n) is 5.68. The number of imide groups is 1. The first-order valence-corrected chi connectivity index (χ1v) is 13.4. The fourth-order valence-corrected chi connectivity index (χ4v) is 5.68. The Labute approximate surface area is 221 Å². The number of carbonyl (C=O) groups is 3. The van der Waals surface area contributed by atoms with E-state index in [1.807, 2.05) is 25.1 Å². The van der Waals surface area contributed by atoms with Crippen molar-refractivity contribution in [2.24, 2.45) is 11.7 Å².